The third-order valence-corrected chi connectivity index (χ3v) is 3.31. The first kappa shape index (κ1) is 17.6. The van der Waals surface area contributed by atoms with Gasteiger partial charge in [0.2, 0.25) is 0 Å². The largest absolute Gasteiger partial charge is 0.493 e. The van der Waals surface area contributed by atoms with E-state index in [9.17, 15) is 0 Å². The third-order valence-electron chi connectivity index (χ3n) is 2.63. The second-order valence-corrected chi connectivity index (χ2v) is 5.32. The van der Waals surface area contributed by atoms with Crippen LogP contribution in [-0.4, -0.2) is 14.2 Å². The number of halogens is 2. The van der Waals surface area contributed by atoms with Crippen LogP contribution in [-0.2, 0) is 0 Å². The Kier molecular flexibility index (Phi) is 7.67. The molecule has 1 aromatic carbocycles. The van der Waals surface area contributed by atoms with E-state index in [0.29, 0.717) is 17.4 Å². The lowest BCUT2D eigenvalue weighted by molar-refractivity contribution is 0.353. The summed E-state index contributed by atoms with van der Waals surface area (Å²) in [7, 11) is 3.25. The Balaban J connectivity index is 0.00000289. The minimum atomic E-state index is 0. The van der Waals surface area contributed by atoms with Gasteiger partial charge in [0.15, 0.2) is 11.5 Å². The zero-order chi connectivity index (χ0) is 13.0. The van der Waals surface area contributed by atoms with Gasteiger partial charge in [0.05, 0.1) is 14.2 Å². The van der Waals surface area contributed by atoms with E-state index in [0.717, 1.165) is 16.5 Å². The van der Waals surface area contributed by atoms with Gasteiger partial charge in [0.25, 0.3) is 0 Å². The van der Waals surface area contributed by atoms with Crippen molar-refractivity contribution >= 4 is 28.3 Å². The predicted octanol–water partition coefficient (Wildman–Crippen LogP) is 3.93. The number of hydrogen-bond acceptors (Lipinski definition) is 3. The lowest BCUT2D eigenvalue weighted by Crippen LogP contribution is -2.13. The summed E-state index contributed by atoms with van der Waals surface area (Å²) < 4.78 is 11.5. The molecule has 1 atom stereocenters. The summed E-state index contributed by atoms with van der Waals surface area (Å²) in [5.41, 5.74) is 7.24. The van der Waals surface area contributed by atoms with Crippen LogP contribution in [0.2, 0.25) is 0 Å². The van der Waals surface area contributed by atoms with E-state index in [4.69, 9.17) is 15.2 Å². The van der Waals surface area contributed by atoms with Gasteiger partial charge in [-0.25, -0.2) is 0 Å². The Morgan fingerprint density at radius 3 is 2.11 bits per heavy atom. The number of methoxy groups -OCH3 is 2. The molecule has 0 aromatic heterocycles. The summed E-state index contributed by atoms with van der Waals surface area (Å²) >= 11 is 3.53. The highest BCUT2D eigenvalue weighted by molar-refractivity contribution is 9.10. The third kappa shape index (κ3) is 4.34. The summed E-state index contributed by atoms with van der Waals surface area (Å²) in [6, 6.07) is 3.84. The lowest BCUT2D eigenvalue weighted by Gasteiger charge is -2.18. The van der Waals surface area contributed by atoms with E-state index in [1.807, 2.05) is 12.1 Å². The molecule has 0 fully saturated rings. The van der Waals surface area contributed by atoms with Crippen molar-refractivity contribution in [3.05, 3.63) is 22.2 Å². The molecule has 2 N–H and O–H groups in total. The van der Waals surface area contributed by atoms with Crippen molar-refractivity contribution in [2.24, 2.45) is 11.7 Å². The molecule has 3 nitrogen and oxygen atoms in total. The average molecular weight is 339 g/mol. The van der Waals surface area contributed by atoms with Gasteiger partial charge in [-0.2, -0.15) is 0 Å². The van der Waals surface area contributed by atoms with E-state index in [-0.39, 0.29) is 18.4 Å². The summed E-state index contributed by atoms with van der Waals surface area (Å²) in [5.74, 6) is 1.98. The molecule has 0 amide bonds. The zero-order valence-electron chi connectivity index (χ0n) is 11.2. The SMILES string of the molecule is COc1cc(Br)c([C@@H](N)CC(C)C)cc1OC.Cl. The quantitative estimate of drug-likeness (QED) is 0.884. The number of nitrogens with two attached hydrogens (primary N) is 1. The first-order valence-electron chi connectivity index (χ1n) is 5.66. The molecule has 0 radical (unpaired) electrons. The van der Waals surface area contributed by atoms with Gasteiger partial charge < -0.3 is 15.2 Å². The molecule has 18 heavy (non-hydrogen) atoms. The van der Waals surface area contributed by atoms with Crippen LogP contribution in [0.15, 0.2) is 16.6 Å². The minimum absolute atomic E-state index is 0. The summed E-state index contributed by atoms with van der Waals surface area (Å²) in [4.78, 5) is 0. The molecule has 1 aromatic rings. The molecule has 0 spiro atoms. The second kappa shape index (κ2) is 7.87. The van der Waals surface area contributed by atoms with Crippen molar-refractivity contribution in [2.75, 3.05) is 14.2 Å². The standard InChI is InChI=1S/C13H20BrNO2.ClH/c1-8(2)5-11(15)9-6-12(16-3)13(17-4)7-10(9)14;/h6-8,11H,5,15H2,1-4H3;1H/t11-;/m0./s1. The topological polar surface area (TPSA) is 44.5 Å². The number of benzene rings is 1. The van der Waals surface area contributed by atoms with Gasteiger partial charge in [-0.15, -0.1) is 12.4 Å². The summed E-state index contributed by atoms with van der Waals surface area (Å²) in [6.45, 7) is 4.32. The second-order valence-electron chi connectivity index (χ2n) is 4.46. The molecule has 104 valence electrons. The van der Waals surface area contributed by atoms with Crippen molar-refractivity contribution < 1.29 is 9.47 Å². The van der Waals surface area contributed by atoms with Crippen LogP contribution in [0.5, 0.6) is 11.5 Å². The fraction of sp³-hybridized carbons (Fsp3) is 0.538. The number of ether oxygens (including phenoxy) is 2. The molecule has 0 saturated carbocycles. The Morgan fingerprint density at radius 1 is 1.17 bits per heavy atom. The average Bonchev–Trinajstić information content (AvgIpc) is 2.27. The van der Waals surface area contributed by atoms with Gasteiger partial charge in [0, 0.05) is 10.5 Å². The van der Waals surface area contributed by atoms with Crippen LogP contribution in [0, 0.1) is 5.92 Å². The Labute approximate surface area is 124 Å². The molecule has 0 aliphatic carbocycles. The van der Waals surface area contributed by atoms with Crippen LogP contribution in [0.1, 0.15) is 31.9 Å². The van der Waals surface area contributed by atoms with Crippen LogP contribution < -0.4 is 15.2 Å². The van der Waals surface area contributed by atoms with Crippen molar-refractivity contribution in [1.82, 2.24) is 0 Å². The molecule has 0 saturated heterocycles. The van der Waals surface area contributed by atoms with Crippen molar-refractivity contribution in [2.45, 2.75) is 26.3 Å². The van der Waals surface area contributed by atoms with Gasteiger partial charge >= 0.3 is 0 Å². The van der Waals surface area contributed by atoms with E-state index in [1.165, 1.54) is 0 Å². The molecule has 1 rings (SSSR count). The molecular formula is C13H21BrClNO2. The molecule has 0 bridgehead atoms. The van der Waals surface area contributed by atoms with Crippen LogP contribution in [0.4, 0.5) is 0 Å². The molecule has 0 aliphatic heterocycles. The van der Waals surface area contributed by atoms with Crippen molar-refractivity contribution in [1.29, 1.82) is 0 Å². The maximum Gasteiger partial charge on any atom is 0.161 e. The van der Waals surface area contributed by atoms with Crippen molar-refractivity contribution in [3.63, 3.8) is 0 Å². The Morgan fingerprint density at radius 2 is 1.67 bits per heavy atom. The van der Waals surface area contributed by atoms with E-state index in [1.54, 1.807) is 14.2 Å². The molecular weight excluding hydrogens is 318 g/mol. The molecule has 0 aliphatic rings. The fourth-order valence-electron chi connectivity index (χ4n) is 1.79. The Hall–Kier alpha value is -0.450. The number of hydrogen-bond donors (Lipinski definition) is 1. The maximum atomic E-state index is 6.19. The monoisotopic (exact) mass is 337 g/mol. The highest BCUT2D eigenvalue weighted by Crippen LogP contribution is 2.36. The Bertz CT molecular complexity index is 385. The predicted molar refractivity (Wildman–Crippen MR) is 80.9 cm³/mol. The van der Waals surface area contributed by atoms with Crippen LogP contribution in [0.3, 0.4) is 0 Å². The molecule has 0 unspecified atom stereocenters. The van der Waals surface area contributed by atoms with E-state index in [2.05, 4.69) is 29.8 Å². The smallest absolute Gasteiger partial charge is 0.161 e. The first-order valence-corrected chi connectivity index (χ1v) is 6.45. The fourth-order valence-corrected chi connectivity index (χ4v) is 2.41. The normalized spacial score (nSPS) is 11.9. The summed E-state index contributed by atoms with van der Waals surface area (Å²) in [5, 5.41) is 0. The van der Waals surface area contributed by atoms with Gasteiger partial charge in [-0.05, 0) is 30.0 Å². The highest BCUT2D eigenvalue weighted by Gasteiger charge is 2.15. The van der Waals surface area contributed by atoms with Gasteiger partial charge in [0.1, 0.15) is 0 Å². The first-order chi connectivity index (χ1) is 7.99. The number of rotatable bonds is 5. The zero-order valence-corrected chi connectivity index (χ0v) is 13.6. The van der Waals surface area contributed by atoms with Gasteiger partial charge in [-0.1, -0.05) is 29.8 Å². The van der Waals surface area contributed by atoms with Crippen LogP contribution >= 0.6 is 28.3 Å². The van der Waals surface area contributed by atoms with E-state index >= 15 is 0 Å². The molecule has 5 heteroatoms. The lowest BCUT2D eigenvalue weighted by atomic mass is 9.97. The van der Waals surface area contributed by atoms with E-state index < -0.39 is 0 Å². The van der Waals surface area contributed by atoms with Gasteiger partial charge in [-0.3, -0.25) is 0 Å². The highest BCUT2D eigenvalue weighted by atomic mass is 79.9. The summed E-state index contributed by atoms with van der Waals surface area (Å²) in [6.07, 6.45) is 0.939. The minimum Gasteiger partial charge on any atom is -0.493 e. The van der Waals surface area contributed by atoms with Crippen LogP contribution in [0.25, 0.3) is 0 Å². The van der Waals surface area contributed by atoms with Crippen molar-refractivity contribution in [3.8, 4) is 11.5 Å². The molecule has 0 heterocycles. The maximum absolute atomic E-state index is 6.19.